The van der Waals surface area contributed by atoms with Crippen molar-refractivity contribution < 1.29 is 4.74 Å². The zero-order chi connectivity index (χ0) is 20.6. The van der Waals surface area contributed by atoms with E-state index in [1.807, 2.05) is 12.3 Å². The Kier molecular flexibility index (Phi) is 9.84. The molecule has 1 unspecified atom stereocenters. The van der Waals surface area contributed by atoms with Crippen LogP contribution in [0.15, 0.2) is 41.5 Å². The molecule has 1 aromatic heterocycles. The molecule has 0 radical (unpaired) electrons. The van der Waals surface area contributed by atoms with Crippen molar-refractivity contribution >= 4 is 35.8 Å². The molecule has 1 atom stereocenters. The van der Waals surface area contributed by atoms with E-state index in [0.29, 0.717) is 6.54 Å². The normalized spacial score (nSPS) is 16.7. The van der Waals surface area contributed by atoms with Crippen molar-refractivity contribution in [2.75, 3.05) is 31.1 Å². The van der Waals surface area contributed by atoms with Gasteiger partial charge in [0.15, 0.2) is 5.96 Å². The minimum atomic E-state index is 0. The quantitative estimate of drug-likeness (QED) is 0.343. The van der Waals surface area contributed by atoms with Gasteiger partial charge in [0.1, 0.15) is 5.82 Å². The third-order valence-electron chi connectivity index (χ3n) is 5.08. The number of hydrogen-bond acceptors (Lipinski definition) is 4. The van der Waals surface area contributed by atoms with Crippen LogP contribution in [0.25, 0.3) is 0 Å². The maximum Gasteiger partial charge on any atom is 0.191 e. The molecular weight excluding hydrogens is 489 g/mol. The van der Waals surface area contributed by atoms with Crippen LogP contribution in [0.3, 0.4) is 0 Å². The summed E-state index contributed by atoms with van der Waals surface area (Å²) in [5, 5.41) is 6.78. The maximum absolute atomic E-state index is 5.64. The standard InChI is InChI=1S/C23H33N5O.HI/c1-5-24-23(27-15-21-7-6-17(2)12-18(21)3)26-14-20-8-9-25-22(13-20)28-10-11-29-19(4)16-28;/h6-9,12-13,19H,5,10-11,14-16H2,1-4H3,(H2,24,26,27);1H. The SMILES string of the molecule is CCNC(=NCc1ccnc(N2CCOC(C)C2)c1)NCc1ccc(C)cc1C.I. The highest BCUT2D eigenvalue weighted by molar-refractivity contribution is 14.0. The van der Waals surface area contributed by atoms with Crippen LogP contribution in [-0.2, 0) is 17.8 Å². The highest BCUT2D eigenvalue weighted by atomic mass is 127. The number of aromatic nitrogens is 1. The van der Waals surface area contributed by atoms with E-state index in [2.05, 4.69) is 72.5 Å². The topological polar surface area (TPSA) is 61.8 Å². The summed E-state index contributed by atoms with van der Waals surface area (Å²) in [6, 6.07) is 10.7. The monoisotopic (exact) mass is 523 g/mol. The summed E-state index contributed by atoms with van der Waals surface area (Å²) in [6.07, 6.45) is 2.11. The van der Waals surface area contributed by atoms with Gasteiger partial charge in [0.25, 0.3) is 0 Å². The lowest BCUT2D eigenvalue weighted by Gasteiger charge is -2.32. The molecule has 7 heteroatoms. The summed E-state index contributed by atoms with van der Waals surface area (Å²) < 4.78 is 5.64. The molecule has 0 spiro atoms. The molecule has 1 saturated heterocycles. The molecule has 3 rings (SSSR count). The molecule has 1 fully saturated rings. The number of rotatable bonds is 6. The molecule has 0 saturated carbocycles. The van der Waals surface area contributed by atoms with Crippen LogP contribution < -0.4 is 15.5 Å². The van der Waals surface area contributed by atoms with Gasteiger partial charge in [-0.15, -0.1) is 24.0 Å². The molecule has 0 bridgehead atoms. The van der Waals surface area contributed by atoms with Crippen LogP contribution in [0.5, 0.6) is 0 Å². The van der Waals surface area contributed by atoms with Crippen molar-refractivity contribution in [1.82, 2.24) is 15.6 Å². The van der Waals surface area contributed by atoms with E-state index >= 15 is 0 Å². The second-order valence-corrected chi connectivity index (χ2v) is 7.63. The molecule has 6 nitrogen and oxygen atoms in total. The van der Waals surface area contributed by atoms with Crippen LogP contribution in [0.4, 0.5) is 5.82 Å². The van der Waals surface area contributed by atoms with E-state index in [4.69, 9.17) is 9.73 Å². The Balaban J connectivity index is 0.00000320. The van der Waals surface area contributed by atoms with E-state index in [1.54, 1.807) is 0 Å². The highest BCUT2D eigenvalue weighted by Crippen LogP contribution is 2.17. The number of pyridine rings is 1. The zero-order valence-corrected chi connectivity index (χ0v) is 20.8. The van der Waals surface area contributed by atoms with E-state index in [0.717, 1.165) is 50.1 Å². The third-order valence-corrected chi connectivity index (χ3v) is 5.08. The van der Waals surface area contributed by atoms with Crippen LogP contribution in [0.1, 0.15) is 36.1 Å². The lowest BCUT2D eigenvalue weighted by molar-refractivity contribution is 0.0529. The number of anilines is 1. The summed E-state index contributed by atoms with van der Waals surface area (Å²) in [7, 11) is 0. The molecule has 2 N–H and O–H groups in total. The number of benzene rings is 1. The number of nitrogens with zero attached hydrogens (tertiary/aromatic N) is 3. The summed E-state index contributed by atoms with van der Waals surface area (Å²) in [5.41, 5.74) is 5.02. The van der Waals surface area contributed by atoms with Gasteiger partial charge < -0.3 is 20.3 Å². The van der Waals surface area contributed by atoms with Crippen molar-refractivity contribution in [2.45, 2.75) is 46.9 Å². The summed E-state index contributed by atoms with van der Waals surface area (Å²) in [5.74, 6) is 1.83. The Morgan fingerprint density at radius 1 is 1.23 bits per heavy atom. The van der Waals surface area contributed by atoms with E-state index in [-0.39, 0.29) is 30.1 Å². The zero-order valence-electron chi connectivity index (χ0n) is 18.4. The Morgan fingerprint density at radius 2 is 2.07 bits per heavy atom. The number of aryl methyl sites for hydroxylation is 2. The Morgan fingerprint density at radius 3 is 2.80 bits per heavy atom. The lowest BCUT2D eigenvalue weighted by Crippen LogP contribution is -2.41. The van der Waals surface area contributed by atoms with Gasteiger partial charge in [-0.05, 0) is 56.5 Å². The summed E-state index contributed by atoms with van der Waals surface area (Å²) in [6.45, 7) is 13.1. The number of halogens is 1. The van der Waals surface area contributed by atoms with Crippen molar-refractivity contribution in [2.24, 2.45) is 4.99 Å². The number of nitrogens with one attached hydrogen (secondary N) is 2. The molecule has 2 aromatic rings. The van der Waals surface area contributed by atoms with Crippen LogP contribution in [-0.4, -0.2) is 43.3 Å². The Labute approximate surface area is 197 Å². The number of aliphatic imine (C=N–C) groups is 1. The van der Waals surface area contributed by atoms with Gasteiger partial charge in [0.05, 0.1) is 19.3 Å². The first kappa shape index (κ1) is 24.4. The maximum atomic E-state index is 5.64. The van der Waals surface area contributed by atoms with Gasteiger partial charge in [-0.1, -0.05) is 23.8 Å². The first-order chi connectivity index (χ1) is 14.0. The van der Waals surface area contributed by atoms with Gasteiger partial charge in [-0.2, -0.15) is 0 Å². The van der Waals surface area contributed by atoms with Crippen LogP contribution in [0.2, 0.25) is 0 Å². The second kappa shape index (κ2) is 12.1. The number of ether oxygens (including phenoxy) is 1. The van der Waals surface area contributed by atoms with Gasteiger partial charge in [0.2, 0.25) is 0 Å². The van der Waals surface area contributed by atoms with Crippen LogP contribution >= 0.6 is 24.0 Å². The van der Waals surface area contributed by atoms with E-state index in [9.17, 15) is 0 Å². The van der Waals surface area contributed by atoms with E-state index in [1.165, 1.54) is 16.7 Å². The molecule has 0 aliphatic carbocycles. The highest BCUT2D eigenvalue weighted by Gasteiger charge is 2.18. The fraction of sp³-hybridized carbons (Fsp3) is 0.478. The fourth-order valence-electron chi connectivity index (χ4n) is 3.49. The average molecular weight is 523 g/mol. The van der Waals surface area contributed by atoms with Crippen molar-refractivity contribution in [3.8, 4) is 0 Å². The van der Waals surface area contributed by atoms with E-state index < -0.39 is 0 Å². The van der Waals surface area contributed by atoms with Gasteiger partial charge in [0, 0.05) is 32.4 Å². The smallest absolute Gasteiger partial charge is 0.191 e. The first-order valence-electron chi connectivity index (χ1n) is 10.4. The molecule has 30 heavy (non-hydrogen) atoms. The predicted molar refractivity (Wildman–Crippen MR) is 135 cm³/mol. The molecule has 1 aliphatic rings. The second-order valence-electron chi connectivity index (χ2n) is 7.63. The van der Waals surface area contributed by atoms with Crippen LogP contribution in [0, 0.1) is 13.8 Å². The molecule has 2 heterocycles. The number of morpholine rings is 1. The Hall–Kier alpha value is -1.87. The molecular formula is C23H34IN5O. The lowest BCUT2D eigenvalue weighted by atomic mass is 10.1. The van der Waals surface area contributed by atoms with Gasteiger partial charge >= 0.3 is 0 Å². The Bertz CT molecular complexity index is 842. The van der Waals surface area contributed by atoms with Crippen molar-refractivity contribution in [3.05, 3.63) is 58.8 Å². The first-order valence-corrected chi connectivity index (χ1v) is 10.4. The van der Waals surface area contributed by atoms with Gasteiger partial charge in [-0.25, -0.2) is 9.98 Å². The average Bonchev–Trinajstić information content (AvgIpc) is 2.71. The fourth-order valence-corrected chi connectivity index (χ4v) is 3.49. The summed E-state index contributed by atoms with van der Waals surface area (Å²) in [4.78, 5) is 11.6. The largest absolute Gasteiger partial charge is 0.375 e. The van der Waals surface area contributed by atoms with Crippen molar-refractivity contribution in [3.63, 3.8) is 0 Å². The number of hydrogen-bond donors (Lipinski definition) is 2. The molecule has 164 valence electrons. The predicted octanol–water partition coefficient (Wildman–Crippen LogP) is 3.80. The molecule has 1 aromatic carbocycles. The molecule has 0 amide bonds. The van der Waals surface area contributed by atoms with Gasteiger partial charge in [-0.3, -0.25) is 0 Å². The van der Waals surface area contributed by atoms with Crippen molar-refractivity contribution in [1.29, 1.82) is 0 Å². The third kappa shape index (κ3) is 7.12. The minimum absolute atomic E-state index is 0. The minimum Gasteiger partial charge on any atom is -0.375 e. The summed E-state index contributed by atoms with van der Waals surface area (Å²) >= 11 is 0. The molecule has 1 aliphatic heterocycles. The number of guanidine groups is 1.